The number of nitrogens with one attached hydrogen (secondary N) is 1. The Bertz CT molecular complexity index is 569. The van der Waals surface area contributed by atoms with E-state index in [4.69, 9.17) is 0 Å². The molecule has 1 heteroatoms. The predicted octanol–water partition coefficient (Wildman–Crippen LogP) is 4.39. The zero-order chi connectivity index (χ0) is 13.2. The van der Waals surface area contributed by atoms with Crippen molar-refractivity contribution in [2.45, 2.75) is 45.6 Å². The van der Waals surface area contributed by atoms with Gasteiger partial charge in [-0.15, -0.1) is 0 Å². The van der Waals surface area contributed by atoms with Crippen molar-refractivity contribution in [3.8, 4) is 0 Å². The highest BCUT2D eigenvalue weighted by molar-refractivity contribution is 5.93. The van der Waals surface area contributed by atoms with E-state index in [0.717, 1.165) is 6.54 Å². The van der Waals surface area contributed by atoms with E-state index < -0.39 is 0 Å². The van der Waals surface area contributed by atoms with Gasteiger partial charge in [-0.25, -0.2) is 0 Å². The van der Waals surface area contributed by atoms with E-state index in [9.17, 15) is 0 Å². The van der Waals surface area contributed by atoms with Gasteiger partial charge in [-0.1, -0.05) is 50.6 Å². The molecule has 2 aromatic carbocycles. The molecule has 3 rings (SSSR count). The van der Waals surface area contributed by atoms with Crippen LogP contribution in [-0.2, 0) is 12.8 Å². The minimum atomic E-state index is 0.500. The largest absolute Gasteiger partial charge is 0.310 e. The number of benzene rings is 2. The van der Waals surface area contributed by atoms with Crippen molar-refractivity contribution in [3.63, 3.8) is 0 Å². The molecule has 19 heavy (non-hydrogen) atoms. The van der Waals surface area contributed by atoms with Crippen LogP contribution in [0.4, 0.5) is 0 Å². The number of rotatable bonds is 5. The SMILES string of the molecule is CCCC(NCC)c1ccc2c3c(cccc13)CC2. The number of hydrogen-bond donors (Lipinski definition) is 1. The zero-order valence-corrected chi connectivity index (χ0v) is 12.0. The van der Waals surface area contributed by atoms with E-state index in [1.807, 2.05) is 0 Å². The maximum atomic E-state index is 3.65. The highest BCUT2D eigenvalue weighted by atomic mass is 14.9. The molecule has 1 unspecified atom stereocenters. The van der Waals surface area contributed by atoms with Crippen LogP contribution in [0.2, 0.25) is 0 Å². The summed E-state index contributed by atoms with van der Waals surface area (Å²) in [7, 11) is 0. The van der Waals surface area contributed by atoms with Gasteiger partial charge in [0.25, 0.3) is 0 Å². The molecule has 0 saturated heterocycles. The summed E-state index contributed by atoms with van der Waals surface area (Å²) in [6, 6.07) is 12.0. The lowest BCUT2D eigenvalue weighted by Crippen LogP contribution is -2.21. The van der Waals surface area contributed by atoms with Crippen molar-refractivity contribution >= 4 is 10.8 Å². The minimum Gasteiger partial charge on any atom is -0.310 e. The van der Waals surface area contributed by atoms with Crippen LogP contribution in [0.1, 0.15) is 49.4 Å². The average molecular weight is 253 g/mol. The Hall–Kier alpha value is -1.34. The molecule has 0 heterocycles. The van der Waals surface area contributed by atoms with Crippen LogP contribution < -0.4 is 5.32 Å². The van der Waals surface area contributed by atoms with Gasteiger partial charge in [0.1, 0.15) is 0 Å². The zero-order valence-electron chi connectivity index (χ0n) is 12.0. The number of aryl methyl sites for hydroxylation is 2. The lowest BCUT2D eigenvalue weighted by molar-refractivity contribution is 0.512. The Morgan fingerprint density at radius 3 is 2.58 bits per heavy atom. The first-order valence-electron chi connectivity index (χ1n) is 7.62. The third-order valence-electron chi connectivity index (χ3n) is 4.31. The Kier molecular flexibility index (Phi) is 3.56. The van der Waals surface area contributed by atoms with E-state index in [-0.39, 0.29) is 0 Å². The van der Waals surface area contributed by atoms with Gasteiger partial charge in [-0.3, -0.25) is 0 Å². The highest BCUT2D eigenvalue weighted by Crippen LogP contribution is 2.35. The van der Waals surface area contributed by atoms with Crippen molar-refractivity contribution in [1.29, 1.82) is 0 Å². The molecule has 1 atom stereocenters. The van der Waals surface area contributed by atoms with Crippen LogP contribution in [0.25, 0.3) is 10.8 Å². The molecule has 0 radical (unpaired) electrons. The molecule has 1 N–H and O–H groups in total. The first kappa shape index (κ1) is 12.7. The molecule has 1 aliphatic rings. The third kappa shape index (κ3) is 2.17. The summed E-state index contributed by atoms with van der Waals surface area (Å²) < 4.78 is 0. The van der Waals surface area contributed by atoms with Crippen molar-refractivity contribution < 1.29 is 0 Å². The van der Waals surface area contributed by atoms with Gasteiger partial charge in [0, 0.05) is 6.04 Å². The lowest BCUT2D eigenvalue weighted by Gasteiger charge is -2.20. The van der Waals surface area contributed by atoms with E-state index in [0.29, 0.717) is 6.04 Å². The second-order valence-corrected chi connectivity index (χ2v) is 5.55. The smallest absolute Gasteiger partial charge is 0.0326 e. The normalized spacial score (nSPS) is 15.1. The molecule has 0 aliphatic heterocycles. The van der Waals surface area contributed by atoms with E-state index in [2.05, 4.69) is 49.5 Å². The van der Waals surface area contributed by atoms with E-state index in [1.165, 1.54) is 36.6 Å². The molecule has 0 saturated carbocycles. The van der Waals surface area contributed by atoms with Gasteiger partial charge in [-0.05, 0) is 53.3 Å². The van der Waals surface area contributed by atoms with Crippen LogP contribution in [-0.4, -0.2) is 6.54 Å². The number of hydrogen-bond acceptors (Lipinski definition) is 1. The van der Waals surface area contributed by atoms with Crippen LogP contribution in [0.3, 0.4) is 0 Å². The monoisotopic (exact) mass is 253 g/mol. The van der Waals surface area contributed by atoms with Crippen LogP contribution in [0, 0.1) is 0 Å². The summed E-state index contributed by atoms with van der Waals surface area (Å²) in [5.41, 5.74) is 4.58. The fourth-order valence-corrected chi connectivity index (χ4v) is 3.48. The van der Waals surface area contributed by atoms with E-state index >= 15 is 0 Å². The van der Waals surface area contributed by atoms with Crippen LogP contribution in [0.5, 0.6) is 0 Å². The second kappa shape index (κ2) is 5.34. The van der Waals surface area contributed by atoms with Crippen molar-refractivity contribution in [3.05, 3.63) is 47.0 Å². The summed E-state index contributed by atoms with van der Waals surface area (Å²) in [5.74, 6) is 0. The average Bonchev–Trinajstić information content (AvgIpc) is 2.85. The van der Waals surface area contributed by atoms with Crippen molar-refractivity contribution in [2.24, 2.45) is 0 Å². The molecule has 2 aromatic rings. The Labute approximate surface area is 116 Å². The lowest BCUT2D eigenvalue weighted by atomic mass is 9.93. The minimum absolute atomic E-state index is 0.500. The first-order chi connectivity index (χ1) is 9.35. The molecule has 100 valence electrons. The van der Waals surface area contributed by atoms with Gasteiger partial charge in [0.15, 0.2) is 0 Å². The molecule has 1 nitrogen and oxygen atoms in total. The summed E-state index contributed by atoms with van der Waals surface area (Å²) in [6.07, 6.45) is 4.87. The quantitative estimate of drug-likeness (QED) is 0.833. The van der Waals surface area contributed by atoms with Crippen LogP contribution >= 0.6 is 0 Å². The molecular weight excluding hydrogens is 230 g/mol. The Morgan fingerprint density at radius 2 is 1.84 bits per heavy atom. The van der Waals surface area contributed by atoms with Gasteiger partial charge < -0.3 is 5.32 Å². The van der Waals surface area contributed by atoms with Gasteiger partial charge in [0.05, 0.1) is 0 Å². The Morgan fingerprint density at radius 1 is 1.05 bits per heavy atom. The van der Waals surface area contributed by atoms with Crippen molar-refractivity contribution in [2.75, 3.05) is 6.54 Å². The summed E-state index contributed by atoms with van der Waals surface area (Å²) in [5, 5.41) is 6.67. The third-order valence-corrected chi connectivity index (χ3v) is 4.31. The molecule has 0 fully saturated rings. The van der Waals surface area contributed by atoms with Gasteiger partial charge in [-0.2, -0.15) is 0 Å². The van der Waals surface area contributed by atoms with Gasteiger partial charge in [0.2, 0.25) is 0 Å². The predicted molar refractivity (Wildman–Crippen MR) is 82.7 cm³/mol. The molecule has 1 aliphatic carbocycles. The van der Waals surface area contributed by atoms with E-state index in [1.54, 1.807) is 16.5 Å². The topological polar surface area (TPSA) is 12.0 Å². The maximum Gasteiger partial charge on any atom is 0.0326 e. The summed E-state index contributed by atoms with van der Waals surface area (Å²) >= 11 is 0. The molecular formula is C18H23N. The van der Waals surface area contributed by atoms with Gasteiger partial charge >= 0.3 is 0 Å². The molecule has 0 amide bonds. The summed E-state index contributed by atoms with van der Waals surface area (Å²) in [6.45, 7) is 5.50. The van der Waals surface area contributed by atoms with Crippen LogP contribution in [0.15, 0.2) is 30.3 Å². The maximum absolute atomic E-state index is 3.65. The molecule has 0 aromatic heterocycles. The first-order valence-corrected chi connectivity index (χ1v) is 7.62. The second-order valence-electron chi connectivity index (χ2n) is 5.55. The molecule has 0 spiro atoms. The highest BCUT2D eigenvalue weighted by Gasteiger charge is 2.19. The molecule has 0 bridgehead atoms. The van der Waals surface area contributed by atoms with Crippen molar-refractivity contribution in [1.82, 2.24) is 5.32 Å². The fraction of sp³-hybridized carbons (Fsp3) is 0.444. The Balaban J connectivity index is 2.14. The standard InChI is InChI=1S/C18H23N/c1-3-6-17(19-4-2)15-12-11-14-10-9-13-7-5-8-16(15)18(13)14/h5,7-8,11-12,17,19H,3-4,6,9-10H2,1-2H3. The fourth-order valence-electron chi connectivity index (χ4n) is 3.48. The summed E-state index contributed by atoms with van der Waals surface area (Å²) in [4.78, 5) is 0.